The van der Waals surface area contributed by atoms with Gasteiger partial charge in [-0.2, -0.15) is 0 Å². The Morgan fingerprint density at radius 2 is 1.97 bits per heavy atom. The van der Waals surface area contributed by atoms with E-state index < -0.39 is 0 Å². The predicted molar refractivity (Wildman–Crippen MR) is 113 cm³/mol. The molecular formula is C21H28ClN3O4. The first-order valence-electron chi connectivity index (χ1n) is 9.37. The van der Waals surface area contributed by atoms with Gasteiger partial charge in [0.05, 0.1) is 27.4 Å². The Hall–Kier alpha value is -2.51. The van der Waals surface area contributed by atoms with Crippen molar-refractivity contribution in [2.45, 2.75) is 18.9 Å². The van der Waals surface area contributed by atoms with E-state index in [9.17, 15) is 4.79 Å². The topological polar surface area (TPSA) is 72.9 Å². The molecule has 1 N–H and O–H groups in total. The van der Waals surface area contributed by atoms with Gasteiger partial charge < -0.3 is 24.4 Å². The molecule has 1 saturated heterocycles. The van der Waals surface area contributed by atoms with Crippen LogP contribution in [-0.4, -0.2) is 56.8 Å². The monoisotopic (exact) mass is 421 g/mol. The number of rotatable bonds is 7. The summed E-state index contributed by atoms with van der Waals surface area (Å²) in [6.45, 7) is 2.21. The molecule has 0 spiro atoms. The highest BCUT2D eigenvalue weighted by atomic mass is 35.5. The van der Waals surface area contributed by atoms with Crippen molar-refractivity contribution in [1.82, 2.24) is 15.2 Å². The molecule has 7 nitrogen and oxygen atoms in total. The van der Waals surface area contributed by atoms with Crippen molar-refractivity contribution >= 4 is 18.3 Å². The predicted octanol–water partition coefficient (Wildman–Crippen LogP) is 2.63. The second-order valence-corrected chi connectivity index (χ2v) is 6.59. The molecule has 1 aromatic carbocycles. The normalized spacial score (nSPS) is 16.0. The molecule has 1 atom stereocenters. The summed E-state index contributed by atoms with van der Waals surface area (Å²) in [5.41, 5.74) is 1.97. The van der Waals surface area contributed by atoms with E-state index in [0.717, 1.165) is 24.2 Å². The summed E-state index contributed by atoms with van der Waals surface area (Å²) in [4.78, 5) is 19.2. The zero-order valence-corrected chi connectivity index (χ0v) is 17.8. The Morgan fingerprint density at radius 3 is 2.62 bits per heavy atom. The van der Waals surface area contributed by atoms with E-state index in [1.165, 1.54) is 0 Å². The van der Waals surface area contributed by atoms with E-state index in [1.807, 2.05) is 35.4 Å². The number of pyridine rings is 1. The van der Waals surface area contributed by atoms with Gasteiger partial charge >= 0.3 is 0 Å². The third-order valence-corrected chi connectivity index (χ3v) is 5.03. The first-order chi connectivity index (χ1) is 13.7. The molecule has 0 saturated carbocycles. The summed E-state index contributed by atoms with van der Waals surface area (Å²) in [5.74, 6) is 1.88. The number of methoxy groups -OCH3 is 3. The molecule has 8 heteroatoms. The van der Waals surface area contributed by atoms with Gasteiger partial charge in [-0.1, -0.05) is 12.1 Å². The van der Waals surface area contributed by atoms with Gasteiger partial charge in [0.25, 0.3) is 0 Å². The molecule has 2 heterocycles. The lowest BCUT2D eigenvalue weighted by atomic mass is 10.0. The Balaban J connectivity index is 0.00000300. The van der Waals surface area contributed by atoms with Crippen LogP contribution in [0.5, 0.6) is 17.2 Å². The number of carbonyl (C=O) groups is 1. The van der Waals surface area contributed by atoms with Crippen LogP contribution in [0.2, 0.25) is 0 Å². The molecule has 1 aliphatic rings. The summed E-state index contributed by atoms with van der Waals surface area (Å²) in [7, 11) is 4.76. The van der Waals surface area contributed by atoms with Crippen molar-refractivity contribution in [1.29, 1.82) is 0 Å². The Kier molecular flexibility index (Phi) is 8.54. The highest BCUT2D eigenvalue weighted by molar-refractivity contribution is 5.85. The van der Waals surface area contributed by atoms with Crippen LogP contribution >= 0.6 is 12.4 Å². The molecule has 2 aromatic rings. The summed E-state index contributed by atoms with van der Waals surface area (Å²) in [6, 6.07) is 7.68. The molecule has 3 rings (SSSR count). The molecule has 0 radical (unpaired) electrons. The van der Waals surface area contributed by atoms with Crippen LogP contribution in [0, 0.1) is 0 Å². The van der Waals surface area contributed by atoms with Crippen molar-refractivity contribution in [2.24, 2.45) is 0 Å². The summed E-state index contributed by atoms with van der Waals surface area (Å²) in [6.07, 6.45) is 4.53. The average molecular weight is 422 g/mol. The molecular weight excluding hydrogens is 394 g/mol. The zero-order chi connectivity index (χ0) is 19.9. The summed E-state index contributed by atoms with van der Waals surface area (Å²) in [5, 5.41) is 3.37. The minimum atomic E-state index is 0. The van der Waals surface area contributed by atoms with Gasteiger partial charge in [-0.05, 0) is 29.7 Å². The molecule has 1 aliphatic heterocycles. The van der Waals surface area contributed by atoms with E-state index in [4.69, 9.17) is 14.2 Å². The lowest BCUT2D eigenvalue weighted by Crippen LogP contribution is -2.48. The van der Waals surface area contributed by atoms with Gasteiger partial charge in [-0.3, -0.25) is 9.78 Å². The minimum absolute atomic E-state index is 0. The van der Waals surface area contributed by atoms with Crippen molar-refractivity contribution in [2.75, 3.05) is 41.0 Å². The lowest BCUT2D eigenvalue weighted by molar-refractivity contribution is -0.134. The molecule has 0 bridgehead atoms. The molecule has 0 aliphatic carbocycles. The van der Waals surface area contributed by atoms with Gasteiger partial charge in [-0.15, -0.1) is 12.4 Å². The van der Waals surface area contributed by atoms with Gasteiger partial charge in [0.2, 0.25) is 11.7 Å². The number of halogens is 1. The maximum Gasteiger partial charge on any atom is 0.223 e. The van der Waals surface area contributed by atoms with Crippen molar-refractivity contribution < 1.29 is 19.0 Å². The van der Waals surface area contributed by atoms with Gasteiger partial charge in [0, 0.05) is 38.4 Å². The fraction of sp³-hybridized carbons (Fsp3) is 0.429. The number of ether oxygens (including phenoxy) is 3. The van der Waals surface area contributed by atoms with Crippen LogP contribution in [0.3, 0.4) is 0 Å². The third-order valence-electron chi connectivity index (χ3n) is 5.03. The first-order valence-corrected chi connectivity index (χ1v) is 9.37. The van der Waals surface area contributed by atoms with Crippen molar-refractivity contribution in [3.8, 4) is 17.2 Å². The zero-order valence-electron chi connectivity index (χ0n) is 17.0. The van der Waals surface area contributed by atoms with Gasteiger partial charge in [0.15, 0.2) is 11.5 Å². The van der Waals surface area contributed by atoms with Crippen LogP contribution in [0.25, 0.3) is 0 Å². The fourth-order valence-electron chi connectivity index (χ4n) is 3.62. The first kappa shape index (κ1) is 22.8. The van der Waals surface area contributed by atoms with E-state index in [1.54, 1.807) is 27.5 Å². The number of aromatic nitrogens is 1. The highest BCUT2D eigenvalue weighted by Crippen LogP contribution is 2.40. The number of benzene rings is 1. The number of carbonyl (C=O) groups excluding carboxylic acids is 1. The SMILES string of the molecule is COc1ccc(CCC(=O)N2CCNCC2c2cccnc2)c(OC)c1OC.Cl. The number of nitrogens with zero attached hydrogens (tertiary/aromatic N) is 2. The minimum Gasteiger partial charge on any atom is -0.493 e. The maximum atomic E-state index is 13.0. The Morgan fingerprint density at radius 1 is 1.17 bits per heavy atom. The smallest absolute Gasteiger partial charge is 0.223 e. The second kappa shape index (κ2) is 10.9. The maximum absolute atomic E-state index is 13.0. The lowest BCUT2D eigenvalue weighted by Gasteiger charge is -2.36. The molecule has 1 fully saturated rings. The van der Waals surface area contributed by atoms with Gasteiger partial charge in [0.1, 0.15) is 0 Å². The van der Waals surface area contributed by atoms with E-state index in [-0.39, 0.29) is 24.4 Å². The van der Waals surface area contributed by atoms with E-state index >= 15 is 0 Å². The van der Waals surface area contributed by atoms with Crippen LogP contribution in [0.15, 0.2) is 36.7 Å². The Bertz CT molecular complexity index is 804. The standard InChI is InChI=1S/C21H27N3O4.ClH/c1-26-18-8-6-15(20(27-2)21(18)28-3)7-9-19(25)24-12-11-23-14-17(24)16-5-4-10-22-13-16;/h4-6,8,10,13,17,23H,7,9,11-12,14H2,1-3H3;1H. The van der Waals surface area contributed by atoms with Crippen molar-refractivity contribution in [3.63, 3.8) is 0 Å². The second-order valence-electron chi connectivity index (χ2n) is 6.59. The number of hydrogen-bond acceptors (Lipinski definition) is 6. The molecule has 158 valence electrons. The summed E-state index contributed by atoms with van der Waals surface area (Å²) < 4.78 is 16.3. The number of hydrogen-bond donors (Lipinski definition) is 1. The Labute approximate surface area is 177 Å². The number of aryl methyl sites for hydroxylation is 1. The molecule has 29 heavy (non-hydrogen) atoms. The average Bonchev–Trinajstić information content (AvgIpc) is 2.77. The quantitative estimate of drug-likeness (QED) is 0.740. The summed E-state index contributed by atoms with van der Waals surface area (Å²) >= 11 is 0. The van der Waals surface area contributed by atoms with Crippen LogP contribution < -0.4 is 19.5 Å². The largest absolute Gasteiger partial charge is 0.493 e. The van der Waals surface area contributed by atoms with E-state index in [0.29, 0.717) is 36.6 Å². The molecule has 1 amide bonds. The van der Waals surface area contributed by atoms with E-state index in [2.05, 4.69) is 10.3 Å². The van der Waals surface area contributed by atoms with Gasteiger partial charge in [-0.25, -0.2) is 0 Å². The van der Waals surface area contributed by atoms with Crippen LogP contribution in [-0.2, 0) is 11.2 Å². The number of piperazine rings is 1. The highest BCUT2D eigenvalue weighted by Gasteiger charge is 2.28. The molecule has 1 unspecified atom stereocenters. The molecule has 1 aromatic heterocycles. The fourth-order valence-corrected chi connectivity index (χ4v) is 3.62. The van der Waals surface area contributed by atoms with Crippen molar-refractivity contribution in [3.05, 3.63) is 47.8 Å². The number of amides is 1. The van der Waals surface area contributed by atoms with Crippen LogP contribution in [0.4, 0.5) is 0 Å². The van der Waals surface area contributed by atoms with Crippen LogP contribution in [0.1, 0.15) is 23.6 Å². The number of nitrogens with one attached hydrogen (secondary N) is 1. The third kappa shape index (κ3) is 5.10.